The Hall–Kier alpha value is -3.10. The minimum Gasteiger partial charge on any atom is -0.341 e. The fourth-order valence-electron chi connectivity index (χ4n) is 6.37. The first-order valence-corrected chi connectivity index (χ1v) is 13.9. The van der Waals surface area contributed by atoms with Gasteiger partial charge in [-0.2, -0.15) is 0 Å². The predicted octanol–water partition coefficient (Wildman–Crippen LogP) is 5.60. The summed E-state index contributed by atoms with van der Waals surface area (Å²) in [6.07, 6.45) is 1.05. The second-order valence-electron chi connectivity index (χ2n) is 9.45. The van der Waals surface area contributed by atoms with Crippen molar-refractivity contribution in [3.05, 3.63) is 102 Å². The molecule has 4 aromatic carbocycles. The first kappa shape index (κ1) is 19.6. The monoisotopic (exact) mass is 431 g/mol. The molecule has 1 aromatic heterocycles. The van der Waals surface area contributed by atoms with Gasteiger partial charge in [0.05, 0.1) is 0 Å². The van der Waals surface area contributed by atoms with E-state index in [0.717, 1.165) is 13.0 Å². The number of aryl methyl sites for hydroxylation is 1. The highest BCUT2D eigenvalue weighted by atomic mass is 28.3. The quantitative estimate of drug-likeness (QED) is 0.328. The largest absolute Gasteiger partial charge is 0.341 e. The van der Waals surface area contributed by atoms with E-state index in [4.69, 9.17) is 0 Å². The lowest BCUT2D eigenvalue weighted by atomic mass is 10.0. The minimum absolute atomic E-state index is 0.557. The van der Waals surface area contributed by atoms with Crippen molar-refractivity contribution >= 4 is 45.4 Å². The zero-order chi connectivity index (χ0) is 21.9. The molecule has 0 amide bonds. The van der Waals surface area contributed by atoms with Crippen molar-refractivity contribution in [2.24, 2.45) is 0 Å². The van der Waals surface area contributed by atoms with Gasteiger partial charge < -0.3 is 4.57 Å². The van der Waals surface area contributed by atoms with Crippen LogP contribution in [-0.2, 0) is 13.0 Å². The minimum atomic E-state index is -2.19. The van der Waals surface area contributed by atoms with Crippen LogP contribution in [0.1, 0.15) is 31.9 Å². The van der Waals surface area contributed by atoms with Gasteiger partial charge in [-0.3, -0.25) is 0 Å². The third-order valence-electron chi connectivity index (χ3n) is 7.68. The molecule has 5 aromatic rings. The molecule has 158 valence electrons. The molecule has 0 N–H and O–H groups in total. The Morgan fingerprint density at radius 2 is 1.31 bits per heavy atom. The summed E-state index contributed by atoms with van der Waals surface area (Å²) in [5.74, 6) is 0. The van der Waals surface area contributed by atoms with Gasteiger partial charge >= 0.3 is 0 Å². The Kier molecular flexibility index (Phi) is 4.41. The molecule has 1 aliphatic heterocycles. The summed E-state index contributed by atoms with van der Waals surface area (Å²) < 4.78 is 2.46. The van der Waals surface area contributed by atoms with Crippen molar-refractivity contribution in [1.82, 2.24) is 4.57 Å². The summed E-state index contributed by atoms with van der Waals surface area (Å²) in [5.41, 5.74) is 6.28. The topological polar surface area (TPSA) is 4.93 Å². The van der Waals surface area contributed by atoms with Crippen LogP contribution < -0.4 is 15.6 Å². The molecule has 0 saturated carbocycles. The summed E-state index contributed by atoms with van der Waals surface area (Å²) in [6, 6.07) is 34.8. The standard InChI is InChI=1S/C30H29NSi/c1-4-31-27-14-8-7-13-25(27)26-20-24(17-18-28(26)31)32(21(2)3)29-15-9-5-11-22(29)19-23-12-6-10-16-30(23)32/h5-18,20-21H,4,19H2,1-3H3. The molecule has 2 heterocycles. The Labute approximate surface area is 191 Å². The maximum Gasteiger partial charge on any atom is 0.151 e. The zero-order valence-electron chi connectivity index (χ0n) is 19.1. The molecule has 0 spiro atoms. The van der Waals surface area contributed by atoms with Crippen molar-refractivity contribution in [2.45, 2.75) is 39.3 Å². The van der Waals surface area contributed by atoms with Gasteiger partial charge in [0.2, 0.25) is 0 Å². The van der Waals surface area contributed by atoms with Gasteiger partial charge in [-0.1, -0.05) is 92.7 Å². The molecule has 1 nitrogen and oxygen atoms in total. The average Bonchev–Trinajstić information content (AvgIpc) is 3.15. The Morgan fingerprint density at radius 1 is 0.719 bits per heavy atom. The molecule has 0 unspecified atom stereocenters. The number of hydrogen-bond donors (Lipinski definition) is 0. The average molecular weight is 432 g/mol. The lowest BCUT2D eigenvalue weighted by Crippen LogP contribution is -2.72. The van der Waals surface area contributed by atoms with Crippen LogP contribution in [0.5, 0.6) is 0 Å². The maximum atomic E-state index is 2.55. The second-order valence-corrected chi connectivity index (χ2v) is 13.9. The van der Waals surface area contributed by atoms with E-state index in [1.54, 1.807) is 15.6 Å². The third-order valence-corrected chi connectivity index (χ3v) is 13.3. The molecule has 0 bridgehead atoms. The van der Waals surface area contributed by atoms with Crippen molar-refractivity contribution in [2.75, 3.05) is 0 Å². The van der Waals surface area contributed by atoms with Gasteiger partial charge in [-0.05, 0) is 57.7 Å². The van der Waals surface area contributed by atoms with Gasteiger partial charge in [0.25, 0.3) is 0 Å². The molecular weight excluding hydrogens is 402 g/mol. The summed E-state index contributed by atoms with van der Waals surface area (Å²) in [6.45, 7) is 8.13. The summed E-state index contributed by atoms with van der Waals surface area (Å²) in [5, 5.41) is 7.52. The highest BCUT2D eigenvalue weighted by Gasteiger charge is 2.47. The van der Waals surface area contributed by atoms with Crippen molar-refractivity contribution in [3.8, 4) is 0 Å². The molecule has 0 saturated heterocycles. The van der Waals surface area contributed by atoms with Crippen LogP contribution in [0.2, 0.25) is 5.54 Å². The van der Waals surface area contributed by atoms with Crippen LogP contribution in [0.15, 0.2) is 91.0 Å². The predicted molar refractivity (Wildman–Crippen MR) is 141 cm³/mol. The number of hydrogen-bond acceptors (Lipinski definition) is 0. The van der Waals surface area contributed by atoms with Crippen molar-refractivity contribution < 1.29 is 0 Å². The van der Waals surface area contributed by atoms with Crippen LogP contribution >= 0.6 is 0 Å². The maximum absolute atomic E-state index is 2.55. The smallest absolute Gasteiger partial charge is 0.151 e. The molecule has 0 atom stereocenters. The zero-order valence-corrected chi connectivity index (χ0v) is 20.1. The van der Waals surface area contributed by atoms with Crippen LogP contribution in [0.4, 0.5) is 0 Å². The van der Waals surface area contributed by atoms with Crippen LogP contribution in [0, 0.1) is 0 Å². The molecule has 6 rings (SSSR count). The van der Waals surface area contributed by atoms with E-state index in [1.165, 1.54) is 32.9 Å². The number of nitrogens with zero attached hydrogens (tertiary/aromatic N) is 1. The fraction of sp³-hybridized carbons (Fsp3) is 0.200. The molecule has 1 aliphatic rings. The fourth-order valence-corrected chi connectivity index (χ4v) is 12.0. The molecule has 2 heteroatoms. The molecule has 0 radical (unpaired) electrons. The van der Waals surface area contributed by atoms with Crippen molar-refractivity contribution in [1.29, 1.82) is 0 Å². The Balaban J connectivity index is 1.74. The van der Waals surface area contributed by atoms with E-state index in [1.807, 2.05) is 0 Å². The first-order chi connectivity index (χ1) is 15.7. The molecular formula is C30H29NSi. The van der Waals surface area contributed by atoms with Gasteiger partial charge in [0.1, 0.15) is 0 Å². The number of rotatable bonds is 3. The number of fused-ring (bicyclic) bond motifs is 5. The van der Waals surface area contributed by atoms with Gasteiger partial charge in [0.15, 0.2) is 8.07 Å². The summed E-state index contributed by atoms with van der Waals surface area (Å²) >= 11 is 0. The van der Waals surface area contributed by atoms with Gasteiger partial charge in [-0.25, -0.2) is 0 Å². The number of benzene rings is 4. The summed E-state index contributed by atoms with van der Waals surface area (Å²) in [7, 11) is -2.19. The van der Waals surface area contributed by atoms with Crippen LogP contribution in [0.3, 0.4) is 0 Å². The van der Waals surface area contributed by atoms with Crippen molar-refractivity contribution in [3.63, 3.8) is 0 Å². The number of para-hydroxylation sites is 1. The third kappa shape index (κ3) is 2.50. The highest BCUT2D eigenvalue weighted by molar-refractivity contribution is 7.13. The molecule has 0 aliphatic carbocycles. The Bertz CT molecular complexity index is 1430. The van der Waals surface area contributed by atoms with E-state index in [0.29, 0.717) is 5.54 Å². The van der Waals surface area contributed by atoms with E-state index in [9.17, 15) is 0 Å². The molecule has 0 fully saturated rings. The SMILES string of the molecule is CCn1c2ccccc2c2cc([Si]3(C(C)C)c4ccccc4Cc4ccccc43)ccc21. The summed E-state index contributed by atoms with van der Waals surface area (Å²) in [4.78, 5) is 0. The second kappa shape index (κ2) is 7.21. The lowest BCUT2D eigenvalue weighted by Gasteiger charge is -2.43. The van der Waals surface area contributed by atoms with E-state index >= 15 is 0 Å². The highest BCUT2D eigenvalue weighted by Crippen LogP contribution is 2.32. The van der Waals surface area contributed by atoms with E-state index in [-0.39, 0.29) is 0 Å². The normalized spacial score (nSPS) is 14.6. The first-order valence-electron chi connectivity index (χ1n) is 11.8. The lowest BCUT2D eigenvalue weighted by molar-refractivity contribution is 0.827. The van der Waals surface area contributed by atoms with E-state index < -0.39 is 8.07 Å². The van der Waals surface area contributed by atoms with Gasteiger partial charge in [0, 0.05) is 28.4 Å². The number of aromatic nitrogens is 1. The Morgan fingerprint density at radius 3 is 1.97 bits per heavy atom. The molecule has 32 heavy (non-hydrogen) atoms. The van der Waals surface area contributed by atoms with Crippen LogP contribution in [0.25, 0.3) is 21.8 Å². The van der Waals surface area contributed by atoms with E-state index in [2.05, 4.69) is 116 Å². The van der Waals surface area contributed by atoms with Gasteiger partial charge in [-0.15, -0.1) is 0 Å². The van der Waals surface area contributed by atoms with Crippen LogP contribution in [-0.4, -0.2) is 12.6 Å².